The van der Waals surface area contributed by atoms with Crippen LogP contribution in [0.1, 0.15) is 16.3 Å². The molecule has 0 saturated heterocycles. The zero-order valence-electron chi connectivity index (χ0n) is 10.5. The molecule has 18 heavy (non-hydrogen) atoms. The van der Waals surface area contributed by atoms with Crippen LogP contribution in [0.4, 0.5) is 5.69 Å². The van der Waals surface area contributed by atoms with Gasteiger partial charge in [0, 0.05) is 34.2 Å². The first-order valence-corrected chi connectivity index (χ1v) is 7.36. The standard InChI is InChI=1S/C13H16BrN3S/c1-9-16-10(8-18-9)6-17(2)7-11-12(14)4-3-5-13(11)15/h3-5,8H,6-7,15H2,1-2H3. The van der Waals surface area contributed by atoms with Gasteiger partial charge in [0.2, 0.25) is 0 Å². The molecule has 1 aromatic heterocycles. The first kappa shape index (κ1) is 13.5. The van der Waals surface area contributed by atoms with Crippen molar-refractivity contribution < 1.29 is 0 Å². The number of aryl methyl sites for hydroxylation is 1. The molecule has 2 aromatic rings. The van der Waals surface area contributed by atoms with Crippen LogP contribution in [-0.2, 0) is 13.1 Å². The molecule has 0 amide bonds. The van der Waals surface area contributed by atoms with Crippen LogP contribution >= 0.6 is 27.3 Å². The Balaban J connectivity index is 2.05. The lowest BCUT2D eigenvalue weighted by atomic mass is 10.1. The summed E-state index contributed by atoms with van der Waals surface area (Å²) in [6.45, 7) is 3.68. The minimum atomic E-state index is 0.809. The minimum absolute atomic E-state index is 0.809. The number of hydrogen-bond acceptors (Lipinski definition) is 4. The van der Waals surface area contributed by atoms with Gasteiger partial charge in [0.15, 0.2) is 0 Å². The fourth-order valence-corrected chi connectivity index (χ4v) is 2.94. The van der Waals surface area contributed by atoms with Crippen LogP contribution < -0.4 is 5.73 Å². The molecule has 1 heterocycles. The summed E-state index contributed by atoms with van der Waals surface area (Å²) in [6.07, 6.45) is 0. The van der Waals surface area contributed by atoms with Crippen molar-refractivity contribution in [1.82, 2.24) is 9.88 Å². The number of aromatic nitrogens is 1. The van der Waals surface area contributed by atoms with E-state index in [1.807, 2.05) is 25.1 Å². The van der Waals surface area contributed by atoms with Crippen LogP contribution in [0.25, 0.3) is 0 Å². The normalized spacial score (nSPS) is 11.1. The van der Waals surface area contributed by atoms with Crippen molar-refractivity contribution in [3.8, 4) is 0 Å². The molecule has 0 saturated carbocycles. The van der Waals surface area contributed by atoms with Crippen LogP contribution in [-0.4, -0.2) is 16.9 Å². The van der Waals surface area contributed by atoms with Gasteiger partial charge in [-0.1, -0.05) is 22.0 Å². The quantitative estimate of drug-likeness (QED) is 0.876. The van der Waals surface area contributed by atoms with Gasteiger partial charge in [-0.05, 0) is 26.1 Å². The smallest absolute Gasteiger partial charge is 0.0897 e. The number of nitrogens with zero attached hydrogens (tertiary/aromatic N) is 2. The van der Waals surface area contributed by atoms with Gasteiger partial charge in [-0.3, -0.25) is 4.90 Å². The van der Waals surface area contributed by atoms with E-state index in [0.717, 1.165) is 39.5 Å². The Morgan fingerprint density at radius 2 is 2.17 bits per heavy atom. The summed E-state index contributed by atoms with van der Waals surface area (Å²) < 4.78 is 1.06. The number of thiazole rings is 1. The molecule has 0 fully saturated rings. The second-order valence-corrected chi connectivity index (χ2v) is 6.25. The Morgan fingerprint density at radius 3 is 2.78 bits per heavy atom. The lowest BCUT2D eigenvalue weighted by Gasteiger charge is -2.17. The molecular formula is C13H16BrN3S. The van der Waals surface area contributed by atoms with E-state index >= 15 is 0 Å². The maximum absolute atomic E-state index is 6.00. The van der Waals surface area contributed by atoms with E-state index in [9.17, 15) is 0 Å². The highest BCUT2D eigenvalue weighted by molar-refractivity contribution is 9.10. The van der Waals surface area contributed by atoms with Gasteiger partial charge in [0.1, 0.15) is 0 Å². The zero-order valence-corrected chi connectivity index (χ0v) is 12.9. The van der Waals surface area contributed by atoms with Gasteiger partial charge < -0.3 is 5.73 Å². The van der Waals surface area contributed by atoms with Gasteiger partial charge >= 0.3 is 0 Å². The van der Waals surface area contributed by atoms with Crippen LogP contribution in [0.5, 0.6) is 0 Å². The summed E-state index contributed by atoms with van der Waals surface area (Å²) in [4.78, 5) is 6.68. The van der Waals surface area contributed by atoms with Crippen molar-refractivity contribution in [2.24, 2.45) is 0 Å². The van der Waals surface area contributed by atoms with Crippen molar-refractivity contribution in [2.75, 3.05) is 12.8 Å². The number of anilines is 1. The molecule has 0 unspecified atom stereocenters. The first-order chi connectivity index (χ1) is 8.56. The fourth-order valence-electron chi connectivity index (χ4n) is 1.83. The number of nitrogens with two attached hydrogens (primary N) is 1. The summed E-state index contributed by atoms with van der Waals surface area (Å²) >= 11 is 5.23. The van der Waals surface area contributed by atoms with E-state index < -0.39 is 0 Å². The van der Waals surface area contributed by atoms with Crippen LogP contribution in [0.3, 0.4) is 0 Å². The van der Waals surface area contributed by atoms with E-state index in [1.165, 1.54) is 0 Å². The summed E-state index contributed by atoms with van der Waals surface area (Å²) in [7, 11) is 2.08. The van der Waals surface area contributed by atoms with Gasteiger partial charge in [0.25, 0.3) is 0 Å². The largest absolute Gasteiger partial charge is 0.398 e. The summed E-state index contributed by atoms with van der Waals surface area (Å²) in [6, 6.07) is 5.90. The molecule has 0 aliphatic carbocycles. The molecule has 0 atom stereocenters. The van der Waals surface area contributed by atoms with Crippen LogP contribution in [0, 0.1) is 6.92 Å². The summed E-state index contributed by atoms with van der Waals surface area (Å²) in [5, 5.41) is 3.22. The third kappa shape index (κ3) is 3.31. The van der Waals surface area contributed by atoms with Crippen molar-refractivity contribution in [2.45, 2.75) is 20.0 Å². The van der Waals surface area contributed by atoms with E-state index in [2.05, 4.69) is 38.2 Å². The van der Waals surface area contributed by atoms with Gasteiger partial charge in [-0.15, -0.1) is 11.3 Å². The average Bonchev–Trinajstić information content (AvgIpc) is 2.69. The van der Waals surface area contributed by atoms with Crippen LogP contribution in [0.2, 0.25) is 0 Å². The third-order valence-electron chi connectivity index (χ3n) is 2.68. The molecule has 96 valence electrons. The molecule has 2 N–H and O–H groups in total. The Kier molecular flexibility index (Phi) is 4.37. The second kappa shape index (κ2) is 5.82. The number of rotatable bonds is 4. The average molecular weight is 326 g/mol. The van der Waals surface area contributed by atoms with Crippen molar-refractivity contribution in [3.63, 3.8) is 0 Å². The molecule has 3 nitrogen and oxygen atoms in total. The maximum atomic E-state index is 6.00. The second-order valence-electron chi connectivity index (χ2n) is 4.34. The van der Waals surface area contributed by atoms with E-state index in [1.54, 1.807) is 11.3 Å². The van der Waals surface area contributed by atoms with Gasteiger partial charge in [-0.25, -0.2) is 4.98 Å². The highest BCUT2D eigenvalue weighted by atomic mass is 79.9. The minimum Gasteiger partial charge on any atom is -0.398 e. The zero-order chi connectivity index (χ0) is 13.1. The Morgan fingerprint density at radius 1 is 1.39 bits per heavy atom. The molecule has 0 aliphatic rings. The number of benzene rings is 1. The molecular weight excluding hydrogens is 310 g/mol. The van der Waals surface area contributed by atoms with E-state index in [4.69, 9.17) is 5.73 Å². The monoisotopic (exact) mass is 325 g/mol. The molecule has 0 aliphatic heterocycles. The molecule has 0 bridgehead atoms. The van der Waals surface area contributed by atoms with E-state index in [-0.39, 0.29) is 0 Å². The highest BCUT2D eigenvalue weighted by Crippen LogP contribution is 2.24. The lowest BCUT2D eigenvalue weighted by molar-refractivity contribution is 0.315. The molecule has 5 heteroatoms. The fraction of sp³-hybridized carbons (Fsp3) is 0.308. The molecule has 2 rings (SSSR count). The topological polar surface area (TPSA) is 42.2 Å². The van der Waals surface area contributed by atoms with Crippen molar-refractivity contribution >= 4 is 33.0 Å². The first-order valence-electron chi connectivity index (χ1n) is 5.68. The van der Waals surface area contributed by atoms with Crippen molar-refractivity contribution in [1.29, 1.82) is 0 Å². The molecule has 0 radical (unpaired) electrons. The predicted molar refractivity (Wildman–Crippen MR) is 80.6 cm³/mol. The Labute approximate surface area is 120 Å². The Bertz CT molecular complexity index is 519. The number of halogens is 1. The summed E-state index contributed by atoms with van der Waals surface area (Å²) in [5.41, 5.74) is 9.07. The predicted octanol–water partition coefficient (Wildman–Crippen LogP) is 3.43. The third-order valence-corrected chi connectivity index (χ3v) is 4.25. The SMILES string of the molecule is Cc1nc(CN(C)Cc2c(N)cccc2Br)cs1. The molecule has 1 aromatic carbocycles. The Hall–Kier alpha value is -0.910. The number of nitrogen functional groups attached to an aromatic ring is 1. The molecule has 0 spiro atoms. The van der Waals surface area contributed by atoms with Gasteiger partial charge in [-0.2, -0.15) is 0 Å². The van der Waals surface area contributed by atoms with E-state index in [0.29, 0.717) is 0 Å². The van der Waals surface area contributed by atoms with Gasteiger partial charge in [0.05, 0.1) is 10.7 Å². The summed E-state index contributed by atoms with van der Waals surface area (Å²) in [5.74, 6) is 0. The van der Waals surface area contributed by atoms with Crippen LogP contribution in [0.15, 0.2) is 28.1 Å². The van der Waals surface area contributed by atoms with Crippen molar-refractivity contribution in [3.05, 3.63) is 44.3 Å². The highest BCUT2D eigenvalue weighted by Gasteiger charge is 2.09. The maximum Gasteiger partial charge on any atom is 0.0897 e. The number of hydrogen-bond donors (Lipinski definition) is 1. The lowest BCUT2D eigenvalue weighted by Crippen LogP contribution is -2.18.